The number of hydrogen-bond donors (Lipinski definition) is 1. The maximum Gasteiger partial charge on any atom is 0.170 e. The van der Waals surface area contributed by atoms with Gasteiger partial charge in [-0.1, -0.05) is 12.1 Å². The Hall–Kier alpha value is -2.11. The average Bonchev–Trinajstić information content (AvgIpc) is 3.20. The number of aromatic nitrogens is 4. The number of rotatable bonds is 3. The minimum absolute atomic E-state index is 0.531. The molecule has 4 rings (SSSR count). The lowest BCUT2D eigenvalue weighted by Gasteiger charge is -2.31. The molecule has 2 heterocycles. The lowest BCUT2D eigenvalue weighted by molar-refractivity contribution is 0.573. The zero-order valence-electron chi connectivity index (χ0n) is 10.7. The first-order valence-corrected chi connectivity index (χ1v) is 6.76. The van der Waals surface area contributed by atoms with Crippen LogP contribution in [0.25, 0.3) is 0 Å². The quantitative estimate of drug-likeness (QED) is 0.900. The first kappa shape index (κ1) is 10.8. The van der Waals surface area contributed by atoms with Crippen molar-refractivity contribution in [1.82, 2.24) is 20.2 Å². The van der Waals surface area contributed by atoms with Crippen LogP contribution in [0.2, 0.25) is 0 Å². The van der Waals surface area contributed by atoms with E-state index in [0.717, 1.165) is 25.5 Å². The van der Waals surface area contributed by atoms with Crippen molar-refractivity contribution in [3.63, 3.8) is 0 Å². The second kappa shape index (κ2) is 4.22. The predicted molar refractivity (Wildman–Crippen MR) is 72.1 cm³/mol. The van der Waals surface area contributed by atoms with Crippen LogP contribution in [0.5, 0.6) is 0 Å². The lowest BCUT2D eigenvalue weighted by atomic mass is 10.2. The number of nitrogens with zero attached hydrogens (tertiary/aromatic N) is 5. The van der Waals surface area contributed by atoms with Crippen LogP contribution in [0.1, 0.15) is 24.7 Å². The first-order valence-electron chi connectivity index (χ1n) is 6.76. The number of tetrazole rings is 1. The second-order valence-electron chi connectivity index (χ2n) is 5.14. The molecule has 6 heteroatoms. The van der Waals surface area contributed by atoms with E-state index in [1.165, 1.54) is 24.2 Å². The van der Waals surface area contributed by atoms with Gasteiger partial charge in [0, 0.05) is 13.1 Å². The summed E-state index contributed by atoms with van der Waals surface area (Å²) in [6.45, 7) is 2.72. The lowest BCUT2D eigenvalue weighted by Crippen LogP contribution is -2.34. The van der Waals surface area contributed by atoms with Gasteiger partial charge in [0.2, 0.25) is 0 Å². The summed E-state index contributed by atoms with van der Waals surface area (Å²) in [4.78, 5) is 2.34. The van der Waals surface area contributed by atoms with Crippen LogP contribution in [0.15, 0.2) is 24.3 Å². The van der Waals surface area contributed by atoms with Crippen molar-refractivity contribution in [3.8, 4) is 0 Å². The summed E-state index contributed by atoms with van der Waals surface area (Å²) in [6, 6.07) is 8.92. The van der Waals surface area contributed by atoms with E-state index in [2.05, 4.69) is 50.0 Å². The van der Waals surface area contributed by atoms with Crippen LogP contribution >= 0.6 is 0 Å². The van der Waals surface area contributed by atoms with E-state index >= 15 is 0 Å². The van der Waals surface area contributed by atoms with E-state index in [9.17, 15) is 0 Å². The minimum Gasteiger partial charge on any atom is -0.382 e. The molecule has 19 heavy (non-hydrogen) atoms. The molecule has 0 saturated heterocycles. The van der Waals surface area contributed by atoms with Gasteiger partial charge in [-0.25, -0.2) is 4.68 Å². The van der Waals surface area contributed by atoms with Crippen LogP contribution in [0, 0.1) is 0 Å². The molecule has 1 aliphatic heterocycles. The van der Waals surface area contributed by atoms with Gasteiger partial charge in [0.05, 0.1) is 24.0 Å². The third kappa shape index (κ3) is 1.93. The summed E-state index contributed by atoms with van der Waals surface area (Å²) in [7, 11) is 0. The number of fused-ring (bicyclic) bond motifs is 1. The molecule has 0 atom stereocenters. The molecule has 98 valence electrons. The van der Waals surface area contributed by atoms with Crippen LogP contribution in [0.3, 0.4) is 0 Å². The van der Waals surface area contributed by atoms with Gasteiger partial charge in [-0.05, 0) is 35.4 Å². The van der Waals surface area contributed by atoms with Crippen molar-refractivity contribution in [2.75, 3.05) is 23.3 Å². The van der Waals surface area contributed by atoms with Gasteiger partial charge in [-0.15, -0.1) is 5.10 Å². The molecule has 6 nitrogen and oxygen atoms in total. The molecule has 1 N–H and O–H groups in total. The van der Waals surface area contributed by atoms with Gasteiger partial charge >= 0.3 is 0 Å². The summed E-state index contributed by atoms with van der Waals surface area (Å²) >= 11 is 0. The van der Waals surface area contributed by atoms with Gasteiger partial charge in [0.15, 0.2) is 5.82 Å². The number of hydrogen-bond acceptors (Lipinski definition) is 5. The van der Waals surface area contributed by atoms with E-state index in [4.69, 9.17) is 0 Å². The van der Waals surface area contributed by atoms with Gasteiger partial charge in [0.1, 0.15) is 0 Å². The van der Waals surface area contributed by atoms with E-state index in [-0.39, 0.29) is 0 Å². The monoisotopic (exact) mass is 256 g/mol. The van der Waals surface area contributed by atoms with Crippen molar-refractivity contribution in [2.24, 2.45) is 0 Å². The van der Waals surface area contributed by atoms with E-state index in [0.29, 0.717) is 6.04 Å². The fourth-order valence-corrected chi connectivity index (χ4v) is 2.60. The largest absolute Gasteiger partial charge is 0.382 e. The number of nitrogens with one attached hydrogen (secondary N) is 1. The Labute approximate surface area is 111 Å². The molecule has 1 fully saturated rings. The van der Waals surface area contributed by atoms with Gasteiger partial charge in [-0.3, -0.25) is 0 Å². The third-order valence-electron chi connectivity index (χ3n) is 3.73. The highest BCUT2D eigenvalue weighted by molar-refractivity contribution is 5.71. The SMILES string of the molecule is c1ccc2c(c1)NCCN2Cc1nnnn1C1CC1. The summed E-state index contributed by atoms with van der Waals surface area (Å²) in [5.41, 5.74) is 2.43. The highest BCUT2D eigenvalue weighted by Crippen LogP contribution is 2.35. The average molecular weight is 256 g/mol. The smallest absolute Gasteiger partial charge is 0.170 e. The van der Waals surface area contributed by atoms with Crippen LogP contribution in [-0.4, -0.2) is 33.3 Å². The van der Waals surface area contributed by atoms with Crippen molar-refractivity contribution in [2.45, 2.75) is 25.4 Å². The molecule has 1 aromatic heterocycles. The highest BCUT2D eigenvalue weighted by Gasteiger charge is 2.28. The Morgan fingerprint density at radius 2 is 2.16 bits per heavy atom. The molecular weight excluding hydrogens is 240 g/mol. The maximum atomic E-state index is 4.18. The van der Waals surface area contributed by atoms with Gasteiger partial charge in [-0.2, -0.15) is 0 Å². The number of benzene rings is 1. The summed E-state index contributed by atoms with van der Waals surface area (Å²) < 4.78 is 1.99. The minimum atomic E-state index is 0.531. The Morgan fingerprint density at radius 3 is 3.05 bits per heavy atom. The highest BCUT2D eigenvalue weighted by atomic mass is 15.6. The summed E-state index contributed by atoms with van der Waals surface area (Å²) in [6.07, 6.45) is 2.41. The molecule has 0 bridgehead atoms. The summed E-state index contributed by atoms with van der Waals surface area (Å²) in [5, 5.41) is 15.5. The van der Waals surface area contributed by atoms with E-state index in [1.54, 1.807) is 0 Å². The topological polar surface area (TPSA) is 58.9 Å². The van der Waals surface area contributed by atoms with Crippen molar-refractivity contribution >= 4 is 11.4 Å². The fraction of sp³-hybridized carbons (Fsp3) is 0.462. The fourth-order valence-electron chi connectivity index (χ4n) is 2.60. The molecule has 2 aromatic rings. The molecule has 0 unspecified atom stereocenters. The molecular formula is C13H16N6. The third-order valence-corrected chi connectivity index (χ3v) is 3.73. The van der Waals surface area contributed by atoms with Crippen LogP contribution < -0.4 is 10.2 Å². The molecule has 0 spiro atoms. The van der Waals surface area contributed by atoms with Crippen molar-refractivity contribution < 1.29 is 0 Å². The molecule has 1 aliphatic carbocycles. The second-order valence-corrected chi connectivity index (χ2v) is 5.14. The Morgan fingerprint density at radius 1 is 1.26 bits per heavy atom. The van der Waals surface area contributed by atoms with E-state index in [1.807, 2.05) is 4.68 Å². The summed E-state index contributed by atoms with van der Waals surface area (Å²) in [5.74, 6) is 0.971. The van der Waals surface area contributed by atoms with Gasteiger partial charge in [0.25, 0.3) is 0 Å². The van der Waals surface area contributed by atoms with Crippen LogP contribution in [-0.2, 0) is 6.54 Å². The zero-order chi connectivity index (χ0) is 12.7. The Balaban J connectivity index is 1.62. The van der Waals surface area contributed by atoms with Gasteiger partial charge < -0.3 is 10.2 Å². The van der Waals surface area contributed by atoms with Crippen LogP contribution in [0.4, 0.5) is 11.4 Å². The molecule has 1 saturated carbocycles. The standard InChI is InChI=1S/C13H16N6/c1-2-4-12-11(3-1)14-7-8-18(12)9-13-15-16-17-19(13)10-5-6-10/h1-4,10,14H,5-9H2. The maximum absolute atomic E-state index is 4.18. The molecule has 1 aromatic carbocycles. The Kier molecular flexibility index (Phi) is 2.39. The molecule has 0 radical (unpaired) electrons. The molecule has 0 amide bonds. The number of para-hydroxylation sites is 2. The predicted octanol–water partition coefficient (Wildman–Crippen LogP) is 1.44. The van der Waals surface area contributed by atoms with E-state index < -0.39 is 0 Å². The zero-order valence-corrected chi connectivity index (χ0v) is 10.7. The molecule has 2 aliphatic rings. The van der Waals surface area contributed by atoms with Crippen molar-refractivity contribution in [1.29, 1.82) is 0 Å². The van der Waals surface area contributed by atoms with Crippen molar-refractivity contribution in [3.05, 3.63) is 30.1 Å². The normalized spacial score (nSPS) is 18.0. The Bertz CT molecular complexity index is 588. The first-order chi connectivity index (χ1) is 9.42. The number of anilines is 2.